The third-order valence-corrected chi connectivity index (χ3v) is 3.82. The van der Waals surface area contributed by atoms with Gasteiger partial charge < -0.3 is 11.1 Å². The van der Waals surface area contributed by atoms with Crippen molar-refractivity contribution >= 4 is 27.5 Å². The number of amides is 1. The highest BCUT2D eigenvalue weighted by Crippen LogP contribution is 2.24. The number of aryl methyl sites for hydroxylation is 1. The Hall–Kier alpha value is -1.88. The average Bonchev–Trinajstić information content (AvgIpc) is 2.41. The zero-order valence-electron chi connectivity index (χ0n) is 10.9. The molecule has 0 bridgehead atoms. The quantitative estimate of drug-likeness (QED) is 0.897. The van der Waals surface area contributed by atoms with Crippen LogP contribution in [0.25, 0.3) is 0 Å². The van der Waals surface area contributed by atoms with Crippen LogP contribution in [0.5, 0.6) is 0 Å². The van der Waals surface area contributed by atoms with Gasteiger partial charge in [0.15, 0.2) is 0 Å². The van der Waals surface area contributed by atoms with Crippen LogP contribution in [-0.2, 0) is 4.79 Å². The highest BCUT2D eigenvalue weighted by Gasteiger charge is 2.18. The maximum atomic E-state index is 12.9. The molecule has 0 aromatic heterocycles. The van der Waals surface area contributed by atoms with E-state index in [0.29, 0.717) is 5.69 Å². The molecule has 0 saturated heterocycles. The molecule has 0 spiro atoms. The first-order chi connectivity index (χ1) is 9.47. The second-order valence-corrected chi connectivity index (χ2v) is 5.35. The second-order valence-electron chi connectivity index (χ2n) is 4.50. The van der Waals surface area contributed by atoms with Crippen LogP contribution in [0.1, 0.15) is 17.2 Å². The standard InChI is InChI=1S/C15H14BrFN2O/c1-9-2-3-10(8-13(9)16)14(15(18)20)19-12-6-4-11(17)5-7-12/h2-8,14,19H,1H3,(H2,18,20). The molecule has 0 aliphatic heterocycles. The Bertz CT molecular complexity index is 628. The van der Waals surface area contributed by atoms with Crippen molar-refractivity contribution < 1.29 is 9.18 Å². The molecule has 2 aromatic rings. The fourth-order valence-corrected chi connectivity index (χ4v) is 2.22. The summed E-state index contributed by atoms with van der Waals surface area (Å²) in [5.74, 6) is -0.825. The molecule has 0 aliphatic rings. The Balaban J connectivity index is 2.29. The number of nitrogens with two attached hydrogens (primary N) is 1. The molecule has 1 atom stereocenters. The summed E-state index contributed by atoms with van der Waals surface area (Å²) >= 11 is 3.43. The minimum Gasteiger partial charge on any atom is -0.370 e. The maximum Gasteiger partial charge on any atom is 0.244 e. The molecule has 3 nitrogen and oxygen atoms in total. The van der Waals surface area contributed by atoms with Crippen LogP contribution in [0.4, 0.5) is 10.1 Å². The summed E-state index contributed by atoms with van der Waals surface area (Å²) in [4.78, 5) is 11.6. The molecule has 0 heterocycles. The van der Waals surface area contributed by atoms with Crippen molar-refractivity contribution in [3.05, 3.63) is 63.9 Å². The summed E-state index contributed by atoms with van der Waals surface area (Å²) in [6.45, 7) is 1.96. The SMILES string of the molecule is Cc1ccc(C(Nc2ccc(F)cc2)C(N)=O)cc1Br. The van der Waals surface area contributed by atoms with Gasteiger partial charge in [0.25, 0.3) is 0 Å². The van der Waals surface area contributed by atoms with Crippen molar-refractivity contribution in [2.24, 2.45) is 5.73 Å². The fourth-order valence-electron chi connectivity index (χ4n) is 1.82. The lowest BCUT2D eigenvalue weighted by Gasteiger charge is -2.18. The van der Waals surface area contributed by atoms with Gasteiger partial charge in [0.05, 0.1) is 0 Å². The molecule has 3 N–H and O–H groups in total. The van der Waals surface area contributed by atoms with Crippen LogP contribution in [0.15, 0.2) is 46.9 Å². The second kappa shape index (κ2) is 6.05. The van der Waals surface area contributed by atoms with E-state index in [0.717, 1.165) is 15.6 Å². The Kier molecular flexibility index (Phi) is 4.39. The van der Waals surface area contributed by atoms with Crippen molar-refractivity contribution in [1.82, 2.24) is 0 Å². The summed E-state index contributed by atoms with van der Waals surface area (Å²) in [7, 11) is 0. The minimum atomic E-state index is -0.669. The van der Waals surface area contributed by atoms with Crippen molar-refractivity contribution in [2.45, 2.75) is 13.0 Å². The van der Waals surface area contributed by atoms with Gasteiger partial charge in [-0.25, -0.2) is 4.39 Å². The lowest BCUT2D eigenvalue weighted by molar-refractivity contribution is -0.118. The number of rotatable bonds is 4. The third kappa shape index (κ3) is 3.36. The van der Waals surface area contributed by atoms with E-state index in [-0.39, 0.29) is 5.82 Å². The van der Waals surface area contributed by atoms with Crippen LogP contribution < -0.4 is 11.1 Å². The fraction of sp³-hybridized carbons (Fsp3) is 0.133. The largest absolute Gasteiger partial charge is 0.370 e. The zero-order chi connectivity index (χ0) is 14.7. The van der Waals surface area contributed by atoms with E-state index in [2.05, 4.69) is 21.2 Å². The van der Waals surface area contributed by atoms with Gasteiger partial charge in [0.1, 0.15) is 11.9 Å². The lowest BCUT2D eigenvalue weighted by atomic mass is 10.0. The molecule has 0 fully saturated rings. The number of primary amides is 1. The predicted molar refractivity (Wildman–Crippen MR) is 80.8 cm³/mol. The summed E-state index contributed by atoms with van der Waals surface area (Å²) in [6, 6.07) is 10.7. The number of hydrogen-bond donors (Lipinski definition) is 2. The van der Waals surface area contributed by atoms with Gasteiger partial charge in [-0.2, -0.15) is 0 Å². The number of carbonyl (C=O) groups is 1. The summed E-state index contributed by atoms with van der Waals surface area (Å²) < 4.78 is 13.8. The van der Waals surface area contributed by atoms with Crippen LogP contribution in [-0.4, -0.2) is 5.91 Å². The molecule has 0 radical (unpaired) electrons. The highest BCUT2D eigenvalue weighted by atomic mass is 79.9. The van der Waals surface area contributed by atoms with Gasteiger partial charge in [-0.15, -0.1) is 0 Å². The van der Waals surface area contributed by atoms with E-state index in [1.807, 2.05) is 25.1 Å². The van der Waals surface area contributed by atoms with Gasteiger partial charge in [0, 0.05) is 10.2 Å². The van der Waals surface area contributed by atoms with E-state index in [9.17, 15) is 9.18 Å². The topological polar surface area (TPSA) is 55.1 Å². The number of hydrogen-bond acceptors (Lipinski definition) is 2. The summed E-state index contributed by atoms with van der Waals surface area (Å²) in [5.41, 5.74) is 7.89. The molecule has 20 heavy (non-hydrogen) atoms. The zero-order valence-corrected chi connectivity index (χ0v) is 12.4. The minimum absolute atomic E-state index is 0.329. The summed E-state index contributed by atoms with van der Waals surface area (Å²) in [6.07, 6.45) is 0. The van der Waals surface area contributed by atoms with Crippen LogP contribution in [0, 0.1) is 12.7 Å². The normalized spacial score (nSPS) is 11.9. The van der Waals surface area contributed by atoms with Gasteiger partial charge in [-0.05, 0) is 48.4 Å². The lowest BCUT2D eigenvalue weighted by Crippen LogP contribution is -2.27. The van der Waals surface area contributed by atoms with Crippen molar-refractivity contribution in [1.29, 1.82) is 0 Å². The van der Waals surface area contributed by atoms with E-state index in [4.69, 9.17) is 5.73 Å². The number of nitrogens with one attached hydrogen (secondary N) is 1. The molecule has 2 rings (SSSR count). The van der Waals surface area contributed by atoms with Gasteiger partial charge in [-0.1, -0.05) is 28.1 Å². The van der Waals surface area contributed by atoms with Crippen molar-refractivity contribution in [3.63, 3.8) is 0 Å². The monoisotopic (exact) mass is 336 g/mol. The number of benzene rings is 2. The molecule has 0 saturated carbocycles. The first-order valence-electron chi connectivity index (χ1n) is 6.05. The molecule has 5 heteroatoms. The first kappa shape index (κ1) is 14.5. The average molecular weight is 337 g/mol. The van der Waals surface area contributed by atoms with E-state index >= 15 is 0 Å². The van der Waals surface area contributed by atoms with Gasteiger partial charge >= 0.3 is 0 Å². The van der Waals surface area contributed by atoms with Crippen molar-refractivity contribution in [3.8, 4) is 0 Å². The van der Waals surface area contributed by atoms with Gasteiger partial charge in [-0.3, -0.25) is 4.79 Å². The Morgan fingerprint density at radius 1 is 1.25 bits per heavy atom. The molecule has 104 valence electrons. The predicted octanol–water partition coefficient (Wildman–Crippen LogP) is 3.54. The van der Waals surface area contributed by atoms with Gasteiger partial charge in [0.2, 0.25) is 5.91 Å². The smallest absolute Gasteiger partial charge is 0.244 e. The van der Waals surface area contributed by atoms with Crippen LogP contribution in [0.2, 0.25) is 0 Å². The Morgan fingerprint density at radius 2 is 1.90 bits per heavy atom. The van der Waals surface area contributed by atoms with E-state index < -0.39 is 11.9 Å². The van der Waals surface area contributed by atoms with E-state index in [1.54, 1.807) is 12.1 Å². The van der Waals surface area contributed by atoms with Crippen LogP contribution >= 0.6 is 15.9 Å². The van der Waals surface area contributed by atoms with Crippen molar-refractivity contribution in [2.75, 3.05) is 5.32 Å². The maximum absolute atomic E-state index is 12.9. The van der Waals surface area contributed by atoms with Crippen LogP contribution in [0.3, 0.4) is 0 Å². The Morgan fingerprint density at radius 3 is 2.45 bits per heavy atom. The molecule has 1 amide bonds. The first-order valence-corrected chi connectivity index (χ1v) is 6.84. The third-order valence-electron chi connectivity index (χ3n) is 2.97. The number of anilines is 1. The molecular formula is C15H14BrFN2O. The van der Waals surface area contributed by atoms with E-state index in [1.165, 1.54) is 12.1 Å². The molecule has 2 aromatic carbocycles. The Labute approximate surface area is 125 Å². The molecular weight excluding hydrogens is 323 g/mol. The molecule has 0 aliphatic carbocycles. The highest BCUT2D eigenvalue weighted by molar-refractivity contribution is 9.10. The number of halogens is 2. The summed E-state index contributed by atoms with van der Waals surface area (Å²) in [5, 5.41) is 3.01. The molecule has 1 unspecified atom stereocenters. The number of carbonyl (C=O) groups excluding carboxylic acids is 1.